The van der Waals surface area contributed by atoms with Crippen LogP contribution >= 0.6 is 0 Å². The van der Waals surface area contributed by atoms with Gasteiger partial charge in [0.15, 0.2) is 0 Å². The summed E-state index contributed by atoms with van der Waals surface area (Å²) in [6.45, 7) is 9.56. The summed E-state index contributed by atoms with van der Waals surface area (Å²) >= 11 is 0. The van der Waals surface area contributed by atoms with E-state index in [0.717, 1.165) is 27.8 Å². The molecule has 0 radical (unpaired) electrons. The quantitative estimate of drug-likeness (QED) is 0.805. The highest BCUT2D eigenvalue weighted by Gasteiger charge is 2.25. The van der Waals surface area contributed by atoms with Gasteiger partial charge in [0.05, 0.1) is 0 Å². The van der Waals surface area contributed by atoms with Gasteiger partial charge in [0, 0.05) is 0 Å². The maximum absolute atomic E-state index is 12.6. The molecule has 2 rings (SSSR count). The Labute approximate surface area is 126 Å². The Balaban J connectivity index is 2.61. The van der Waals surface area contributed by atoms with Crippen molar-refractivity contribution in [1.29, 1.82) is 0 Å². The average Bonchev–Trinajstić information content (AvgIpc) is 2.43. The fourth-order valence-electron chi connectivity index (χ4n) is 2.48. The second-order valence-electron chi connectivity index (χ2n) is 5.30. The summed E-state index contributed by atoms with van der Waals surface area (Å²) in [4.78, 5) is 0.284. The molecule has 2 aromatic carbocycles. The Hall–Kier alpha value is -1.81. The van der Waals surface area contributed by atoms with Gasteiger partial charge in [-0.25, -0.2) is 0 Å². The zero-order valence-electron chi connectivity index (χ0n) is 13.0. The molecule has 2 aromatic rings. The lowest BCUT2D eigenvalue weighted by Gasteiger charge is -2.18. The van der Waals surface area contributed by atoms with E-state index in [1.165, 1.54) is 0 Å². The predicted molar refractivity (Wildman–Crippen MR) is 84.4 cm³/mol. The third-order valence-electron chi connectivity index (χ3n) is 4.13. The molecular formula is C17H20O3S. The van der Waals surface area contributed by atoms with Crippen LogP contribution in [0.3, 0.4) is 0 Å². The summed E-state index contributed by atoms with van der Waals surface area (Å²) in [6, 6.07) is 8.58. The van der Waals surface area contributed by atoms with Gasteiger partial charge in [-0.1, -0.05) is 18.2 Å². The molecule has 0 bridgehead atoms. The van der Waals surface area contributed by atoms with Crippen molar-refractivity contribution in [1.82, 2.24) is 0 Å². The van der Waals surface area contributed by atoms with Crippen molar-refractivity contribution >= 4 is 10.1 Å². The minimum atomic E-state index is -3.84. The van der Waals surface area contributed by atoms with Gasteiger partial charge >= 0.3 is 10.1 Å². The molecule has 0 N–H and O–H groups in total. The normalized spacial score (nSPS) is 11.5. The van der Waals surface area contributed by atoms with E-state index in [4.69, 9.17) is 4.18 Å². The molecule has 112 valence electrons. The number of hydrogen-bond acceptors (Lipinski definition) is 3. The minimum Gasteiger partial charge on any atom is -0.379 e. The summed E-state index contributed by atoms with van der Waals surface area (Å²) in [5, 5.41) is 0. The Morgan fingerprint density at radius 1 is 0.714 bits per heavy atom. The molecule has 0 fully saturated rings. The lowest BCUT2D eigenvalue weighted by Crippen LogP contribution is -2.15. The van der Waals surface area contributed by atoms with E-state index in [1.807, 2.05) is 40.7 Å². The first-order valence-electron chi connectivity index (χ1n) is 6.82. The summed E-state index contributed by atoms with van der Waals surface area (Å²) in [5.74, 6) is 0.326. The first kappa shape index (κ1) is 15.6. The van der Waals surface area contributed by atoms with Crippen molar-refractivity contribution in [3.8, 4) is 5.75 Å². The minimum absolute atomic E-state index is 0.284. The SMILES string of the molecule is Cc1c(C)c(C)c(S(=O)(=O)Oc2ccccc2)c(C)c1C. The van der Waals surface area contributed by atoms with Gasteiger partial charge in [-0.05, 0) is 74.6 Å². The van der Waals surface area contributed by atoms with E-state index < -0.39 is 10.1 Å². The molecule has 0 amide bonds. The second-order valence-corrected chi connectivity index (χ2v) is 6.79. The molecule has 0 heterocycles. The van der Waals surface area contributed by atoms with Crippen molar-refractivity contribution in [2.24, 2.45) is 0 Å². The number of para-hydroxylation sites is 1. The van der Waals surface area contributed by atoms with E-state index in [2.05, 4.69) is 0 Å². The Morgan fingerprint density at radius 3 is 1.62 bits per heavy atom. The highest BCUT2D eigenvalue weighted by atomic mass is 32.2. The number of rotatable bonds is 3. The van der Waals surface area contributed by atoms with Crippen LogP contribution in [0, 0.1) is 34.6 Å². The molecule has 0 unspecified atom stereocenters. The number of hydrogen-bond donors (Lipinski definition) is 0. The van der Waals surface area contributed by atoms with Crippen LogP contribution in [0.4, 0.5) is 0 Å². The van der Waals surface area contributed by atoms with Crippen LogP contribution in [0.15, 0.2) is 35.2 Å². The molecule has 0 aliphatic heterocycles. The molecular weight excluding hydrogens is 284 g/mol. The summed E-state index contributed by atoms with van der Waals surface area (Å²) in [5.41, 5.74) is 4.63. The molecule has 3 nitrogen and oxygen atoms in total. The molecule has 4 heteroatoms. The summed E-state index contributed by atoms with van der Waals surface area (Å²) < 4.78 is 30.5. The fraction of sp³-hybridized carbons (Fsp3) is 0.294. The second kappa shape index (κ2) is 5.53. The van der Waals surface area contributed by atoms with Gasteiger partial charge in [0.1, 0.15) is 10.6 Å². The van der Waals surface area contributed by atoms with E-state index in [0.29, 0.717) is 5.75 Å². The first-order valence-corrected chi connectivity index (χ1v) is 8.23. The highest BCUT2D eigenvalue weighted by molar-refractivity contribution is 7.87. The highest BCUT2D eigenvalue weighted by Crippen LogP contribution is 2.31. The fourth-order valence-corrected chi connectivity index (χ4v) is 3.99. The standard InChI is InChI=1S/C17H20O3S/c1-11-12(2)14(4)17(15(5)13(11)3)21(18,19)20-16-9-7-6-8-10-16/h6-10H,1-5H3. The maximum atomic E-state index is 12.6. The van der Waals surface area contributed by atoms with Crippen LogP contribution in [0.5, 0.6) is 5.75 Å². The molecule has 0 aromatic heterocycles. The monoisotopic (exact) mass is 304 g/mol. The van der Waals surface area contributed by atoms with Crippen molar-refractivity contribution in [3.63, 3.8) is 0 Å². The van der Waals surface area contributed by atoms with Gasteiger partial charge < -0.3 is 4.18 Å². The van der Waals surface area contributed by atoms with Crippen LogP contribution in [-0.4, -0.2) is 8.42 Å². The van der Waals surface area contributed by atoms with Crippen LogP contribution in [0.25, 0.3) is 0 Å². The Bertz CT molecular complexity index is 746. The van der Waals surface area contributed by atoms with Crippen molar-refractivity contribution in [2.75, 3.05) is 0 Å². The van der Waals surface area contributed by atoms with E-state index >= 15 is 0 Å². The van der Waals surface area contributed by atoms with E-state index in [9.17, 15) is 8.42 Å². The average molecular weight is 304 g/mol. The Kier molecular flexibility index (Phi) is 4.10. The van der Waals surface area contributed by atoms with Crippen molar-refractivity contribution in [3.05, 3.63) is 58.1 Å². The van der Waals surface area contributed by atoms with Gasteiger partial charge in [-0.2, -0.15) is 8.42 Å². The largest absolute Gasteiger partial charge is 0.379 e. The van der Waals surface area contributed by atoms with Gasteiger partial charge in [-0.3, -0.25) is 0 Å². The molecule has 0 spiro atoms. The third-order valence-corrected chi connectivity index (χ3v) is 5.65. The lowest BCUT2D eigenvalue weighted by molar-refractivity contribution is 0.484. The molecule has 0 aliphatic carbocycles. The van der Waals surface area contributed by atoms with Gasteiger partial charge in [0.2, 0.25) is 0 Å². The van der Waals surface area contributed by atoms with Crippen molar-refractivity contribution in [2.45, 2.75) is 39.5 Å². The molecule has 21 heavy (non-hydrogen) atoms. The van der Waals surface area contributed by atoms with Crippen LogP contribution in [0.2, 0.25) is 0 Å². The third kappa shape index (κ3) is 2.81. The first-order chi connectivity index (χ1) is 9.75. The summed E-state index contributed by atoms with van der Waals surface area (Å²) in [7, 11) is -3.84. The van der Waals surface area contributed by atoms with Crippen LogP contribution in [-0.2, 0) is 10.1 Å². The molecule has 0 saturated heterocycles. The van der Waals surface area contributed by atoms with Gasteiger partial charge in [0.25, 0.3) is 0 Å². The zero-order valence-corrected chi connectivity index (χ0v) is 13.8. The molecule has 0 saturated carbocycles. The van der Waals surface area contributed by atoms with Crippen molar-refractivity contribution < 1.29 is 12.6 Å². The van der Waals surface area contributed by atoms with E-state index in [-0.39, 0.29) is 4.90 Å². The zero-order chi connectivity index (χ0) is 15.8. The molecule has 0 atom stereocenters. The maximum Gasteiger partial charge on any atom is 0.339 e. The van der Waals surface area contributed by atoms with E-state index in [1.54, 1.807) is 24.3 Å². The van der Waals surface area contributed by atoms with Gasteiger partial charge in [-0.15, -0.1) is 0 Å². The topological polar surface area (TPSA) is 43.4 Å². The van der Waals surface area contributed by atoms with Crippen LogP contribution in [0.1, 0.15) is 27.8 Å². The number of benzene rings is 2. The lowest BCUT2D eigenvalue weighted by atomic mass is 9.95. The Morgan fingerprint density at radius 2 is 1.14 bits per heavy atom. The smallest absolute Gasteiger partial charge is 0.339 e. The predicted octanol–water partition coefficient (Wildman–Crippen LogP) is 4.00. The molecule has 0 aliphatic rings. The van der Waals surface area contributed by atoms with Crippen LogP contribution < -0.4 is 4.18 Å². The summed E-state index contributed by atoms with van der Waals surface area (Å²) in [6.07, 6.45) is 0.